The van der Waals surface area contributed by atoms with Crippen molar-refractivity contribution in [2.75, 3.05) is 13.1 Å². The summed E-state index contributed by atoms with van der Waals surface area (Å²) < 4.78 is 2.16. The Balaban J connectivity index is 2.05. The Morgan fingerprint density at radius 2 is 2.41 bits per heavy atom. The smallest absolute Gasteiger partial charge is 0.130 e. The van der Waals surface area contributed by atoms with Crippen molar-refractivity contribution < 1.29 is 0 Å². The van der Waals surface area contributed by atoms with Crippen LogP contribution >= 0.6 is 11.6 Å². The Bertz CT molecular complexity index is 534. The van der Waals surface area contributed by atoms with Crippen molar-refractivity contribution in [3.05, 3.63) is 35.4 Å². The molecule has 1 unspecified atom stereocenters. The summed E-state index contributed by atoms with van der Waals surface area (Å²) in [4.78, 5) is 7.07. The van der Waals surface area contributed by atoms with Crippen LogP contribution in [0.25, 0.3) is 5.52 Å². The SMILES string of the molecule is CCN1CCCC1c1ncc2cc(Cl)ccn12. The van der Waals surface area contributed by atoms with Gasteiger partial charge in [-0.25, -0.2) is 4.98 Å². The van der Waals surface area contributed by atoms with Gasteiger partial charge in [-0.3, -0.25) is 4.90 Å². The van der Waals surface area contributed by atoms with Gasteiger partial charge in [0.2, 0.25) is 0 Å². The number of hydrogen-bond donors (Lipinski definition) is 0. The molecule has 0 radical (unpaired) electrons. The van der Waals surface area contributed by atoms with Crippen molar-refractivity contribution >= 4 is 17.1 Å². The fourth-order valence-electron chi connectivity index (χ4n) is 2.74. The molecule has 0 spiro atoms. The number of fused-ring (bicyclic) bond motifs is 1. The molecular formula is C13H16ClN3. The van der Waals surface area contributed by atoms with E-state index in [9.17, 15) is 0 Å². The van der Waals surface area contributed by atoms with Gasteiger partial charge < -0.3 is 4.40 Å². The first-order chi connectivity index (χ1) is 8.29. The quantitative estimate of drug-likeness (QED) is 0.815. The van der Waals surface area contributed by atoms with Gasteiger partial charge in [-0.05, 0) is 38.1 Å². The van der Waals surface area contributed by atoms with Crippen molar-refractivity contribution in [1.82, 2.24) is 14.3 Å². The van der Waals surface area contributed by atoms with E-state index in [1.54, 1.807) is 0 Å². The maximum Gasteiger partial charge on any atom is 0.130 e. The predicted octanol–water partition coefficient (Wildman–Crippen LogP) is 3.14. The van der Waals surface area contributed by atoms with E-state index in [-0.39, 0.29) is 0 Å². The highest BCUT2D eigenvalue weighted by Crippen LogP contribution is 2.31. The van der Waals surface area contributed by atoms with Crippen LogP contribution in [-0.4, -0.2) is 27.4 Å². The first-order valence-electron chi connectivity index (χ1n) is 6.16. The number of hydrogen-bond acceptors (Lipinski definition) is 2. The fourth-order valence-corrected chi connectivity index (χ4v) is 2.91. The summed E-state index contributed by atoms with van der Waals surface area (Å²) in [6.45, 7) is 4.49. The molecule has 1 atom stereocenters. The zero-order valence-corrected chi connectivity index (χ0v) is 10.7. The van der Waals surface area contributed by atoms with Gasteiger partial charge >= 0.3 is 0 Å². The molecule has 1 fully saturated rings. The highest BCUT2D eigenvalue weighted by atomic mass is 35.5. The standard InChI is InChI=1S/C13H16ClN3/c1-2-16-6-3-4-12(16)13-15-9-11-8-10(14)5-7-17(11)13/h5,7-9,12H,2-4,6H2,1H3. The maximum atomic E-state index is 5.99. The Hall–Kier alpha value is -1.06. The molecule has 3 nitrogen and oxygen atoms in total. The van der Waals surface area contributed by atoms with Crippen LogP contribution in [0.4, 0.5) is 0 Å². The number of imidazole rings is 1. The second-order valence-electron chi connectivity index (χ2n) is 4.54. The second-order valence-corrected chi connectivity index (χ2v) is 4.98. The third-order valence-corrected chi connectivity index (χ3v) is 3.83. The summed E-state index contributed by atoms with van der Waals surface area (Å²) in [5.41, 5.74) is 1.08. The highest BCUT2D eigenvalue weighted by molar-refractivity contribution is 6.30. The van der Waals surface area contributed by atoms with E-state index < -0.39 is 0 Å². The van der Waals surface area contributed by atoms with Gasteiger partial charge in [-0.15, -0.1) is 0 Å². The van der Waals surface area contributed by atoms with E-state index in [1.807, 2.05) is 24.5 Å². The van der Waals surface area contributed by atoms with Gasteiger partial charge in [0.05, 0.1) is 17.8 Å². The molecule has 3 rings (SSSR count). The number of nitrogens with zero attached hydrogens (tertiary/aromatic N) is 3. The van der Waals surface area contributed by atoms with Crippen LogP contribution in [0.5, 0.6) is 0 Å². The Labute approximate surface area is 106 Å². The predicted molar refractivity (Wildman–Crippen MR) is 69.4 cm³/mol. The first-order valence-corrected chi connectivity index (χ1v) is 6.54. The largest absolute Gasteiger partial charge is 0.302 e. The zero-order chi connectivity index (χ0) is 11.8. The van der Waals surface area contributed by atoms with Crippen LogP contribution in [-0.2, 0) is 0 Å². The minimum atomic E-state index is 0.462. The van der Waals surface area contributed by atoms with Gasteiger partial charge in [0.25, 0.3) is 0 Å². The second kappa shape index (κ2) is 4.31. The Morgan fingerprint density at radius 1 is 1.53 bits per heavy atom. The molecule has 17 heavy (non-hydrogen) atoms. The number of pyridine rings is 1. The van der Waals surface area contributed by atoms with Crippen LogP contribution in [0.3, 0.4) is 0 Å². The lowest BCUT2D eigenvalue weighted by molar-refractivity contribution is 0.261. The van der Waals surface area contributed by atoms with E-state index >= 15 is 0 Å². The molecule has 1 saturated heterocycles. The number of halogens is 1. The number of rotatable bonds is 2. The molecule has 0 aliphatic carbocycles. The van der Waals surface area contributed by atoms with Crippen LogP contribution in [0.15, 0.2) is 24.5 Å². The molecule has 1 aliphatic heterocycles. The molecule has 0 aromatic carbocycles. The minimum Gasteiger partial charge on any atom is -0.302 e. The molecular weight excluding hydrogens is 234 g/mol. The summed E-state index contributed by atoms with van der Waals surface area (Å²) in [5, 5.41) is 0.766. The molecule has 2 aromatic rings. The molecule has 2 aromatic heterocycles. The highest BCUT2D eigenvalue weighted by Gasteiger charge is 2.27. The normalized spacial score (nSPS) is 21.4. The number of aromatic nitrogens is 2. The van der Waals surface area contributed by atoms with E-state index in [0.717, 1.165) is 22.9 Å². The molecule has 0 saturated carbocycles. The van der Waals surface area contributed by atoms with Gasteiger partial charge in [-0.2, -0.15) is 0 Å². The maximum absolute atomic E-state index is 5.99. The van der Waals surface area contributed by atoms with Gasteiger partial charge in [0.1, 0.15) is 5.82 Å². The third kappa shape index (κ3) is 1.83. The van der Waals surface area contributed by atoms with Crippen LogP contribution in [0, 0.1) is 0 Å². The van der Waals surface area contributed by atoms with Crippen LogP contribution in [0.2, 0.25) is 5.02 Å². The lowest BCUT2D eigenvalue weighted by Gasteiger charge is -2.21. The van der Waals surface area contributed by atoms with E-state index in [1.165, 1.54) is 19.4 Å². The summed E-state index contributed by atoms with van der Waals surface area (Å²) in [7, 11) is 0. The molecule has 4 heteroatoms. The molecule has 0 N–H and O–H groups in total. The van der Waals surface area contributed by atoms with Gasteiger partial charge in [0, 0.05) is 11.2 Å². The van der Waals surface area contributed by atoms with Crippen molar-refractivity contribution in [3.63, 3.8) is 0 Å². The number of likely N-dealkylation sites (tertiary alicyclic amines) is 1. The summed E-state index contributed by atoms with van der Waals surface area (Å²) >= 11 is 5.99. The summed E-state index contributed by atoms with van der Waals surface area (Å²) in [6, 6.07) is 4.34. The molecule has 3 heterocycles. The van der Waals surface area contributed by atoms with Crippen molar-refractivity contribution in [3.8, 4) is 0 Å². The third-order valence-electron chi connectivity index (χ3n) is 3.59. The van der Waals surface area contributed by atoms with E-state index in [0.29, 0.717) is 6.04 Å². The molecule has 1 aliphatic rings. The zero-order valence-electron chi connectivity index (χ0n) is 9.93. The minimum absolute atomic E-state index is 0.462. The van der Waals surface area contributed by atoms with E-state index in [4.69, 9.17) is 11.6 Å². The summed E-state index contributed by atoms with van der Waals surface area (Å²) in [5.74, 6) is 1.15. The van der Waals surface area contributed by atoms with Crippen molar-refractivity contribution in [2.24, 2.45) is 0 Å². The van der Waals surface area contributed by atoms with E-state index in [2.05, 4.69) is 21.2 Å². The Kier molecular flexibility index (Phi) is 2.81. The summed E-state index contributed by atoms with van der Waals surface area (Å²) in [6.07, 6.45) is 6.40. The van der Waals surface area contributed by atoms with Crippen LogP contribution in [0.1, 0.15) is 31.6 Å². The monoisotopic (exact) mass is 249 g/mol. The molecule has 90 valence electrons. The molecule has 0 bridgehead atoms. The first kappa shape index (κ1) is 11.1. The molecule has 0 amide bonds. The van der Waals surface area contributed by atoms with Crippen molar-refractivity contribution in [2.45, 2.75) is 25.8 Å². The lowest BCUT2D eigenvalue weighted by atomic mass is 10.2. The fraction of sp³-hybridized carbons (Fsp3) is 0.462. The van der Waals surface area contributed by atoms with Crippen LogP contribution < -0.4 is 0 Å². The van der Waals surface area contributed by atoms with Gasteiger partial charge in [0.15, 0.2) is 0 Å². The average molecular weight is 250 g/mol. The lowest BCUT2D eigenvalue weighted by Crippen LogP contribution is -2.24. The topological polar surface area (TPSA) is 20.5 Å². The average Bonchev–Trinajstić information content (AvgIpc) is 2.92. The van der Waals surface area contributed by atoms with Crippen molar-refractivity contribution in [1.29, 1.82) is 0 Å². The Morgan fingerprint density at radius 3 is 3.24 bits per heavy atom. The van der Waals surface area contributed by atoms with Gasteiger partial charge in [-0.1, -0.05) is 18.5 Å².